The number of carboxylic acid groups (broad SMARTS) is 2. The van der Waals surface area contributed by atoms with Gasteiger partial charge in [-0.3, -0.25) is 9.69 Å². The van der Waals surface area contributed by atoms with E-state index in [2.05, 4.69) is 4.74 Å². The minimum absolute atomic E-state index is 0.0593. The second-order valence-corrected chi connectivity index (χ2v) is 4.21. The Hall–Kier alpha value is -2.25. The first-order valence-corrected chi connectivity index (χ1v) is 5.79. The van der Waals surface area contributed by atoms with Gasteiger partial charge in [-0.25, -0.2) is 9.59 Å². The van der Waals surface area contributed by atoms with Gasteiger partial charge in [0.15, 0.2) is 12.0 Å². The third-order valence-electron chi connectivity index (χ3n) is 2.96. The smallest absolute Gasteiger partial charge is 0.478 e. The van der Waals surface area contributed by atoms with Crippen molar-refractivity contribution >= 4 is 18.0 Å². The molecule has 0 radical (unpaired) electrons. The summed E-state index contributed by atoms with van der Waals surface area (Å²) in [6.45, 7) is 1.78. The number of hydrogen-bond acceptors (Lipinski definition) is 5. The van der Waals surface area contributed by atoms with Crippen molar-refractivity contribution in [3.63, 3.8) is 0 Å². The Bertz CT molecular complexity index is 470. The molecule has 8 nitrogen and oxygen atoms in total. The predicted molar refractivity (Wildman–Crippen MR) is 58.8 cm³/mol. The maximum absolute atomic E-state index is 11.4. The molecule has 8 heteroatoms. The average molecular weight is 271 g/mol. The van der Waals surface area contributed by atoms with E-state index in [0.29, 0.717) is 6.42 Å². The van der Waals surface area contributed by atoms with Crippen molar-refractivity contribution in [2.24, 2.45) is 0 Å². The number of aliphatic carboxylic acids is 1. The molecule has 0 aromatic carbocycles. The van der Waals surface area contributed by atoms with Gasteiger partial charge < -0.3 is 19.7 Å². The number of ether oxygens (including phenoxy) is 2. The van der Waals surface area contributed by atoms with E-state index in [4.69, 9.17) is 14.9 Å². The van der Waals surface area contributed by atoms with Crippen LogP contribution in [0.15, 0.2) is 11.3 Å². The number of hydrogen-bond donors (Lipinski definition) is 2. The highest BCUT2D eigenvalue weighted by molar-refractivity contribution is 5.89. The Labute approximate surface area is 108 Å². The quantitative estimate of drug-likeness (QED) is 0.440. The van der Waals surface area contributed by atoms with Crippen molar-refractivity contribution < 1.29 is 34.1 Å². The minimum Gasteiger partial charge on any atom is -0.478 e. The Balaban J connectivity index is 2.36. The highest BCUT2D eigenvalue weighted by atomic mass is 16.7. The van der Waals surface area contributed by atoms with Crippen LogP contribution >= 0.6 is 0 Å². The van der Waals surface area contributed by atoms with Crippen LogP contribution in [-0.4, -0.2) is 45.6 Å². The lowest BCUT2D eigenvalue weighted by molar-refractivity contribution is -0.164. The first-order chi connectivity index (χ1) is 8.95. The summed E-state index contributed by atoms with van der Waals surface area (Å²) in [5.74, 6) is -1.62. The summed E-state index contributed by atoms with van der Waals surface area (Å²) in [7, 11) is 0. The molecule has 0 aromatic rings. The summed E-state index contributed by atoms with van der Waals surface area (Å²) in [6, 6.07) is 0. The third kappa shape index (κ3) is 2.20. The van der Waals surface area contributed by atoms with Gasteiger partial charge in [-0.15, -0.1) is 0 Å². The van der Waals surface area contributed by atoms with E-state index in [-0.39, 0.29) is 30.1 Å². The molecule has 2 fully saturated rings. The van der Waals surface area contributed by atoms with Gasteiger partial charge in [0, 0.05) is 0 Å². The van der Waals surface area contributed by atoms with Crippen LogP contribution in [0.5, 0.6) is 0 Å². The SMILES string of the molecule is CCCC(C(=O)O)=C1O[C@@H]2CC(=O)N2C1OC(=O)O. The average Bonchev–Trinajstić information content (AvgIpc) is 2.56. The van der Waals surface area contributed by atoms with Crippen LogP contribution in [0.4, 0.5) is 4.79 Å². The van der Waals surface area contributed by atoms with Gasteiger partial charge in [-0.1, -0.05) is 13.3 Å². The third-order valence-corrected chi connectivity index (χ3v) is 2.96. The zero-order valence-corrected chi connectivity index (χ0v) is 10.2. The van der Waals surface area contributed by atoms with Crippen LogP contribution in [-0.2, 0) is 19.1 Å². The number of β-lactam (4-membered cyclic amide) rings is 1. The van der Waals surface area contributed by atoms with Crippen molar-refractivity contribution in [3.8, 4) is 0 Å². The van der Waals surface area contributed by atoms with Crippen molar-refractivity contribution in [2.45, 2.75) is 38.6 Å². The van der Waals surface area contributed by atoms with E-state index in [1.54, 1.807) is 6.92 Å². The van der Waals surface area contributed by atoms with Crippen LogP contribution in [0.3, 0.4) is 0 Å². The highest BCUT2D eigenvalue weighted by Crippen LogP contribution is 2.39. The van der Waals surface area contributed by atoms with Gasteiger partial charge in [-0.05, 0) is 6.42 Å². The summed E-state index contributed by atoms with van der Waals surface area (Å²) in [5.41, 5.74) is -0.0593. The Morgan fingerprint density at radius 1 is 1.47 bits per heavy atom. The normalized spacial score (nSPS) is 27.2. The monoisotopic (exact) mass is 271 g/mol. The van der Waals surface area contributed by atoms with E-state index < -0.39 is 24.6 Å². The molecule has 2 aliphatic rings. The molecule has 0 spiro atoms. The van der Waals surface area contributed by atoms with Crippen molar-refractivity contribution in [1.82, 2.24) is 4.90 Å². The summed E-state index contributed by atoms with van der Waals surface area (Å²) in [4.78, 5) is 34.3. The fraction of sp³-hybridized carbons (Fsp3) is 0.545. The van der Waals surface area contributed by atoms with Gasteiger partial charge in [0.2, 0.25) is 12.1 Å². The topological polar surface area (TPSA) is 113 Å². The summed E-state index contributed by atoms with van der Waals surface area (Å²) < 4.78 is 9.92. The molecular weight excluding hydrogens is 258 g/mol. The second kappa shape index (κ2) is 4.79. The molecule has 0 saturated carbocycles. The molecular formula is C11H13NO7. The van der Waals surface area contributed by atoms with E-state index in [0.717, 1.165) is 4.90 Å². The van der Waals surface area contributed by atoms with Gasteiger partial charge in [0.1, 0.15) is 0 Å². The van der Waals surface area contributed by atoms with Crippen LogP contribution in [0.2, 0.25) is 0 Å². The molecule has 2 rings (SSSR count). The summed E-state index contributed by atoms with van der Waals surface area (Å²) in [6.07, 6.45) is -2.65. The molecule has 104 valence electrons. The first kappa shape index (κ1) is 13.2. The standard InChI is InChI=1S/C11H13NO7/c1-2-3-5(10(14)15)8-9(19-11(16)17)12-6(13)4-7(12)18-8/h7,9H,2-4H2,1H3,(H,14,15)(H,16,17)/t7-,9?/m1/s1. The molecule has 2 N–H and O–H groups in total. The zero-order chi connectivity index (χ0) is 14.2. The Morgan fingerprint density at radius 2 is 2.16 bits per heavy atom. The lowest BCUT2D eigenvalue weighted by Gasteiger charge is -2.33. The van der Waals surface area contributed by atoms with Crippen molar-refractivity contribution in [1.29, 1.82) is 0 Å². The molecule has 1 unspecified atom stereocenters. The van der Waals surface area contributed by atoms with Crippen molar-refractivity contribution in [3.05, 3.63) is 11.3 Å². The maximum atomic E-state index is 11.4. The molecule has 0 aromatic heterocycles. The minimum atomic E-state index is -1.59. The Kier molecular flexibility index (Phi) is 3.32. The van der Waals surface area contributed by atoms with Crippen LogP contribution in [0.1, 0.15) is 26.2 Å². The Morgan fingerprint density at radius 3 is 2.63 bits per heavy atom. The van der Waals surface area contributed by atoms with E-state index in [1.807, 2.05) is 0 Å². The van der Waals surface area contributed by atoms with Crippen molar-refractivity contribution in [2.75, 3.05) is 0 Å². The number of rotatable bonds is 4. The van der Waals surface area contributed by atoms with Crippen LogP contribution in [0.25, 0.3) is 0 Å². The van der Waals surface area contributed by atoms with Crippen LogP contribution in [0, 0.1) is 0 Å². The molecule has 19 heavy (non-hydrogen) atoms. The summed E-state index contributed by atoms with van der Waals surface area (Å²) >= 11 is 0. The first-order valence-electron chi connectivity index (χ1n) is 5.79. The molecule has 2 heterocycles. The van der Waals surface area contributed by atoms with Crippen LogP contribution < -0.4 is 0 Å². The lowest BCUT2D eigenvalue weighted by Crippen LogP contribution is -2.53. The highest BCUT2D eigenvalue weighted by Gasteiger charge is 2.54. The number of nitrogens with zero attached hydrogens (tertiary/aromatic N) is 1. The number of fused-ring (bicyclic) bond motifs is 1. The molecule has 1 amide bonds. The predicted octanol–water partition coefficient (Wildman–Crippen LogP) is 0.734. The molecule has 0 bridgehead atoms. The van der Waals surface area contributed by atoms with Gasteiger partial charge >= 0.3 is 12.1 Å². The number of carbonyl (C=O) groups is 3. The maximum Gasteiger partial charge on any atom is 0.508 e. The molecule has 0 aliphatic carbocycles. The fourth-order valence-electron chi connectivity index (χ4n) is 2.12. The van der Waals surface area contributed by atoms with E-state index >= 15 is 0 Å². The fourth-order valence-corrected chi connectivity index (χ4v) is 2.12. The number of carbonyl (C=O) groups excluding carboxylic acids is 1. The van der Waals surface area contributed by atoms with E-state index in [9.17, 15) is 14.4 Å². The largest absolute Gasteiger partial charge is 0.508 e. The second-order valence-electron chi connectivity index (χ2n) is 4.21. The number of carboxylic acids is 1. The molecule has 2 aliphatic heterocycles. The number of amides is 1. The lowest BCUT2D eigenvalue weighted by atomic mass is 10.1. The molecule has 2 atom stereocenters. The van der Waals surface area contributed by atoms with Gasteiger partial charge in [-0.2, -0.15) is 0 Å². The molecule has 2 saturated heterocycles. The summed E-state index contributed by atoms with van der Waals surface area (Å²) in [5, 5.41) is 17.8. The van der Waals surface area contributed by atoms with Gasteiger partial charge in [0.05, 0.1) is 12.0 Å². The zero-order valence-electron chi connectivity index (χ0n) is 10.2. The van der Waals surface area contributed by atoms with E-state index in [1.165, 1.54) is 0 Å². The van der Waals surface area contributed by atoms with Gasteiger partial charge in [0.25, 0.3) is 0 Å².